The SMILES string of the molecule is Cc1ncsc1C(=O)N1CCC(n2cc(N3CCN(C)C3=O)cn2)C1. The molecule has 0 aliphatic carbocycles. The van der Waals surface area contributed by atoms with E-state index in [1.807, 2.05) is 22.7 Å². The highest BCUT2D eigenvalue weighted by atomic mass is 32.1. The molecule has 2 fully saturated rings. The first-order chi connectivity index (χ1) is 12.0. The Balaban J connectivity index is 1.45. The Morgan fingerprint density at radius 1 is 1.32 bits per heavy atom. The molecule has 4 rings (SSSR count). The van der Waals surface area contributed by atoms with Crippen LogP contribution in [0.3, 0.4) is 0 Å². The topological polar surface area (TPSA) is 74.6 Å². The molecule has 132 valence electrons. The van der Waals surface area contributed by atoms with Crippen LogP contribution in [0.1, 0.15) is 27.8 Å². The first-order valence-electron chi connectivity index (χ1n) is 8.30. The van der Waals surface area contributed by atoms with Gasteiger partial charge in [0.2, 0.25) is 0 Å². The summed E-state index contributed by atoms with van der Waals surface area (Å²) in [5, 5.41) is 4.43. The van der Waals surface area contributed by atoms with Crippen molar-refractivity contribution in [3.63, 3.8) is 0 Å². The average molecular weight is 360 g/mol. The van der Waals surface area contributed by atoms with Gasteiger partial charge in [-0.25, -0.2) is 9.78 Å². The molecule has 25 heavy (non-hydrogen) atoms. The number of aromatic nitrogens is 3. The molecule has 0 spiro atoms. The molecule has 0 N–H and O–H groups in total. The van der Waals surface area contributed by atoms with Gasteiger partial charge in [-0.2, -0.15) is 5.10 Å². The Hall–Kier alpha value is -2.42. The number of amides is 3. The van der Waals surface area contributed by atoms with Gasteiger partial charge >= 0.3 is 6.03 Å². The van der Waals surface area contributed by atoms with Gasteiger partial charge in [-0.1, -0.05) is 0 Å². The first kappa shape index (κ1) is 16.1. The number of hydrogen-bond acceptors (Lipinski definition) is 5. The molecule has 1 unspecified atom stereocenters. The van der Waals surface area contributed by atoms with Crippen LogP contribution in [0.15, 0.2) is 17.9 Å². The molecule has 1 atom stereocenters. The number of carbonyl (C=O) groups is 2. The molecule has 0 aromatic carbocycles. The molecule has 3 amide bonds. The summed E-state index contributed by atoms with van der Waals surface area (Å²) in [7, 11) is 1.80. The normalized spacial score (nSPS) is 20.8. The standard InChI is InChI=1S/C16H20N6O2S/c1-11-14(25-10-17-11)15(23)20-4-3-12(8-20)22-9-13(7-18-22)21-6-5-19(2)16(21)24/h7,9-10,12H,3-6,8H2,1-2H3. The van der Waals surface area contributed by atoms with Crippen molar-refractivity contribution in [3.05, 3.63) is 28.5 Å². The van der Waals surface area contributed by atoms with Crippen molar-refractivity contribution in [1.82, 2.24) is 24.6 Å². The molecule has 2 aliphatic heterocycles. The summed E-state index contributed by atoms with van der Waals surface area (Å²) in [5.41, 5.74) is 3.31. The number of nitrogens with zero attached hydrogens (tertiary/aromatic N) is 6. The van der Waals surface area contributed by atoms with Crippen molar-refractivity contribution >= 4 is 29.0 Å². The number of hydrogen-bond donors (Lipinski definition) is 0. The first-order valence-corrected chi connectivity index (χ1v) is 9.18. The molecule has 4 heterocycles. The van der Waals surface area contributed by atoms with E-state index in [2.05, 4.69) is 10.1 Å². The van der Waals surface area contributed by atoms with Gasteiger partial charge in [0.25, 0.3) is 5.91 Å². The number of rotatable bonds is 3. The van der Waals surface area contributed by atoms with Crippen molar-refractivity contribution in [3.8, 4) is 0 Å². The van der Waals surface area contributed by atoms with Crippen molar-refractivity contribution in [1.29, 1.82) is 0 Å². The highest BCUT2D eigenvalue weighted by Gasteiger charge is 2.32. The van der Waals surface area contributed by atoms with Crippen LogP contribution >= 0.6 is 11.3 Å². The monoisotopic (exact) mass is 360 g/mol. The van der Waals surface area contributed by atoms with E-state index in [1.54, 1.807) is 28.6 Å². The van der Waals surface area contributed by atoms with E-state index in [9.17, 15) is 9.59 Å². The third-order valence-corrected chi connectivity index (χ3v) is 5.80. The van der Waals surface area contributed by atoms with Crippen molar-refractivity contribution in [2.45, 2.75) is 19.4 Å². The highest BCUT2D eigenvalue weighted by molar-refractivity contribution is 7.11. The van der Waals surface area contributed by atoms with Crippen LogP contribution < -0.4 is 4.90 Å². The van der Waals surface area contributed by atoms with Gasteiger partial charge in [0.1, 0.15) is 4.88 Å². The fourth-order valence-corrected chi connectivity index (χ4v) is 4.12. The molecule has 0 bridgehead atoms. The van der Waals surface area contributed by atoms with Gasteiger partial charge in [-0.3, -0.25) is 14.4 Å². The Bertz CT molecular complexity index is 815. The minimum Gasteiger partial charge on any atom is -0.336 e. The van der Waals surface area contributed by atoms with Crippen LogP contribution in [-0.4, -0.2) is 69.7 Å². The van der Waals surface area contributed by atoms with E-state index in [-0.39, 0.29) is 18.0 Å². The second-order valence-electron chi connectivity index (χ2n) is 6.49. The summed E-state index contributed by atoms with van der Waals surface area (Å²) in [6.07, 6.45) is 4.50. The Labute approximate surface area is 149 Å². The second-order valence-corrected chi connectivity index (χ2v) is 7.35. The predicted molar refractivity (Wildman–Crippen MR) is 94.0 cm³/mol. The number of carbonyl (C=O) groups excluding carboxylic acids is 2. The van der Waals surface area contributed by atoms with E-state index < -0.39 is 0 Å². The fourth-order valence-electron chi connectivity index (χ4n) is 3.35. The molecule has 0 saturated carbocycles. The maximum atomic E-state index is 12.6. The number of anilines is 1. The highest BCUT2D eigenvalue weighted by Crippen LogP contribution is 2.27. The zero-order valence-electron chi connectivity index (χ0n) is 14.3. The van der Waals surface area contributed by atoms with Gasteiger partial charge in [0.05, 0.1) is 29.1 Å². The zero-order chi connectivity index (χ0) is 17.6. The van der Waals surface area contributed by atoms with Crippen LogP contribution in [0.25, 0.3) is 0 Å². The smallest absolute Gasteiger partial charge is 0.324 e. The van der Waals surface area contributed by atoms with Gasteiger partial charge in [-0.05, 0) is 13.3 Å². The number of likely N-dealkylation sites (tertiary alicyclic amines) is 1. The van der Waals surface area contributed by atoms with Crippen molar-refractivity contribution in [2.75, 3.05) is 38.1 Å². The minimum atomic E-state index is 0.00319. The molecule has 9 heteroatoms. The lowest BCUT2D eigenvalue weighted by molar-refractivity contribution is 0.0791. The quantitative estimate of drug-likeness (QED) is 0.833. The van der Waals surface area contributed by atoms with E-state index in [4.69, 9.17) is 0 Å². The molecular weight excluding hydrogens is 340 g/mol. The van der Waals surface area contributed by atoms with Crippen LogP contribution in [0.2, 0.25) is 0 Å². The van der Waals surface area contributed by atoms with Crippen LogP contribution in [0, 0.1) is 6.92 Å². The number of likely N-dealkylation sites (N-methyl/N-ethyl adjacent to an activating group) is 1. The molecule has 2 saturated heterocycles. The number of aryl methyl sites for hydroxylation is 1. The van der Waals surface area contributed by atoms with Crippen molar-refractivity contribution < 1.29 is 9.59 Å². The van der Waals surface area contributed by atoms with E-state index >= 15 is 0 Å². The summed E-state index contributed by atoms with van der Waals surface area (Å²) in [5.74, 6) is 0.0474. The predicted octanol–water partition coefficient (Wildman–Crippen LogP) is 1.61. The van der Waals surface area contributed by atoms with E-state index in [0.29, 0.717) is 24.5 Å². The van der Waals surface area contributed by atoms with Gasteiger partial charge in [-0.15, -0.1) is 11.3 Å². The summed E-state index contributed by atoms with van der Waals surface area (Å²) >= 11 is 1.39. The molecule has 8 nitrogen and oxygen atoms in total. The largest absolute Gasteiger partial charge is 0.336 e. The third-order valence-electron chi connectivity index (χ3n) is 4.88. The average Bonchev–Trinajstić information content (AvgIpc) is 3.35. The van der Waals surface area contributed by atoms with Gasteiger partial charge in [0.15, 0.2) is 0 Å². The van der Waals surface area contributed by atoms with E-state index in [0.717, 1.165) is 24.3 Å². The van der Waals surface area contributed by atoms with Crippen LogP contribution in [0.4, 0.5) is 10.5 Å². The Morgan fingerprint density at radius 3 is 2.84 bits per heavy atom. The van der Waals surface area contributed by atoms with Crippen molar-refractivity contribution in [2.24, 2.45) is 0 Å². The lowest BCUT2D eigenvalue weighted by Crippen LogP contribution is -2.29. The maximum Gasteiger partial charge on any atom is 0.324 e. The molecular formula is C16H20N6O2S. The molecule has 2 aliphatic rings. The lowest BCUT2D eigenvalue weighted by Gasteiger charge is -2.16. The minimum absolute atomic E-state index is 0.00319. The fraction of sp³-hybridized carbons (Fsp3) is 0.500. The summed E-state index contributed by atoms with van der Waals surface area (Å²) < 4.78 is 1.88. The zero-order valence-corrected chi connectivity index (χ0v) is 15.1. The molecule has 0 radical (unpaired) electrons. The van der Waals surface area contributed by atoms with Gasteiger partial charge in [0, 0.05) is 39.4 Å². The Morgan fingerprint density at radius 2 is 2.16 bits per heavy atom. The second kappa shape index (κ2) is 6.14. The van der Waals surface area contributed by atoms with Crippen LogP contribution in [0.5, 0.6) is 0 Å². The molecule has 2 aromatic rings. The third kappa shape index (κ3) is 2.78. The summed E-state index contributed by atoms with van der Waals surface area (Å²) in [4.78, 5) is 34.9. The van der Waals surface area contributed by atoms with Gasteiger partial charge < -0.3 is 9.80 Å². The van der Waals surface area contributed by atoms with Crippen LogP contribution in [-0.2, 0) is 0 Å². The summed E-state index contributed by atoms with van der Waals surface area (Å²) in [6, 6.07) is 0.143. The molecule has 2 aromatic heterocycles. The number of thiazole rings is 1. The summed E-state index contributed by atoms with van der Waals surface area (Å²) in [6.45, 7) is 4.61. The maximum absolute atomic E-state index is 12.6. The Kier molecular flexibility index (Phi) is 3.95. The number of urea groups is 1. The lowest BCUT2D eigenvalue weighted by atomic mass is 10.3. The van der Waals surface area contributed by atoms with E-state index in [1.165, 1.54) is 11.3 Å².